The molecule has 0 aliphatic carbocycles. The molecule has 1 aromatic heterocycles. The molecule has 0 aliphatic heterocycles. The van der Waals surface area contributed by atoms with Crippen LogP contribution >= 0.6 is 0 Å². The van der Waals surface area contributed by atoms with E-state index in [2.05, 4.69) is 15.3 Å². The van der Waals surface area contributed by atoms with Crippen LogP contribution in [0.4, 0.5) is 5.69 Å². The fourth-order valence-corrected chi connectivity index (χ4v) is 2.28. The predicted molar refractivity (Wildman–Crippen MR) is 90.0 cm³/mol. The van der Waals surface area contributed by atoms with E-state index in [0.29, 0.717) is 17.0 Å². The van der Waals surface area contributed by atoms with Gasteiger partial charge in [-0.25, -0.2) is 9.97 Å². The predicted octanol–water partition coefficient (Wildman–Crippen LogP) is 3.51. The minimum Gasteiger partial charge on any atom is -0.497 e. The molecule has 1 heterocycles. The summed E-state index contributed by atoms with van der Waals surface area (Å²) in [5.41, 5.74) is 4.59. The number of methoxy groups -OCH3 is 1. The highest BCUT2D eigenvalue weighted by Crippen LogP contribution is 2.19. The van der Waals surface area contributed by atoms with Crippen molar-refractivity contribution < 1.29 is 9.53 Å². The minimum atomic E-state index is -0.194. The first kappa shape index (κ1) is 15.0. The van der Waals surface area contributed by atoms with Crippen LogP contribution in [0.15, 0.2) is 42.5 Å². The second-order valence-corrected chi connectivity index (χ2v) is 5.28. The molecule has 5 nitrogen and oxygen atoms in total. The average Bonchev–Trinajstić information content (AvgIpc) is 2.56. The Kier molecular flexibility index (Phi) is 3.93. The van der Waals surface area contributed by atoms with Crippen LogP contribution in [-0.4, -0.2) is 23.0 Å². The Morgan fingerprint density at radius 3 is 2.48 bits per heavy atom. The lowest BCUT2D eigenvalue weighted by molar-refractivity contribution is 0.102. The van der Waals surface area contributed by atoms with Gasteiger partial charge in [-0.3, -0.25) is 4.79 Å². The van der Waals surface area contributed by atoms with Crippen LogP contribution in [0, 0.1) is 13.8 Å². The molecule has 0 aliphatic rings. The number of hydrogen-bond donors (Lipinski definition) is 1. The quantitative estimate of drug-likeness (QED) is 0.804. The first-order chi connectivity index (χ1) is 11.1. The summed E-state index contributed by atoms with van der Waals surface area (Å²) in [5, 5.41) is 2.87. The zero-order valence-electron chi connectivity index (χ0n) is 13.3. The second kappa shape index (κ2) is 6.04. The fraction of sp³-hybridized carbons (Fsp3) is 0.167. The van der Waals surface area contributed by atoms with Gasteiger partial charge in [0.2, 0.25) is 0 Å². The molecule has 0 radical (unpaired) electrons. The summed E-state index contributed by atoms with van der Waals surface area (Å²) in [7, 11) is 1.57. The van der Waals surface area contributed by atoms with Crippen molar-refractivity contribution in [1.82, 2.24) is 9.97 Å². The molecule has 0 bridgehead atoms. The van der Waals surface area contributed by atoms with Crippen LogP contribution in [0.3, 0.4) is 0 Å². The van der Waals surface area contributed by atoms with E-state index < -0.39 is 0 Å². The molecule has 0 fully saturated rings. The van der Waals surface area contributed by atoms with Gasteiger partial charge in [-0.05, 0) is 50.2 Å². The zero-order valence-corrected chi connectivity index (χ0v) is 13.3. The van der Waals surface area contributed by atoms with Gasteiger partial charge in [0.15, 0.2) is 0 Å². The minimum absolute atomic E-state index is 0.194. The lowest BCUT2D eigenvalue weighted by Gasteiger charge is -2.08. The summed E-state index contributed by atoms with van der Waals surface area (Å²) in [6.45, 7) is 3.85. The molecule has 2 aromatic carbocycles. The van der Waals surface area contributed by atoms with Gasteiger partial charge in [-0.1, -0.05) is 6.07 Å². The van der Waals surface area contributed by atoms with Gasteiger partial charge in [-0.15, -0.1) is 0 Å². The van der Waals surface area contributed by atoms with Crippen molar-refractivity contribution in [1.29, 1.82) is 0 Å². The maximum Gasteiger partial charge on any atom is 0.255 e. The number of hydrogen-bond acceptors (Lipinski definition) is 4. The van der Waals surface area contributed by atoms with Crippen LogP contribution < -0.4 is 10.1 Å². The molecule has 0 unspecified atom stereocenters. The molecule has 0 spiro atoms. The Balaban J connectivity index is 1.88. The molecule has 116 valence electrons. The summed E-state index contributed by atoms with van der Waals surface area (Å²) in [6.07, 6.45) is 0. The third-order valence-electron chi connectivity index (χ3n) is 3.67. The summed E-state index contributed by atoms with van der Waals surface area (Å²) in [4.78, 5) is 21.3. The molecule has 1 N–H and O–H groups in total. The molecule has 0 saturated heterocycles. The van der Waals surface area contributed by atoms with Crippen molar-refractivity contribution in [3.05, 3.63) is 59.4 Å². The number of benzene rings is 2. The second-order valence-electron chi connectivity index (χ2n) is 5.28. The first-order valence-electron chi connectivity index (χ1n) is 7.27. The number of aromatic nitrogens is 2. The number of ether oxygens (including phenoxy) is 1. The fourth-order valence-electron chi connectivity index (χ4n) is 2.28. The average molecular weight is 307 g/mol. The third kappa shape index (κ3) is 3.13. The maximum atomic E-state index is 12.3. The van der Waals surface area contributed by atoms with Gasteiger partial charge in [0.1, 0.15) is 5.75 Å². The topological polar surface area (TPSA) is 64.1 Å². The van der Waals surface area contributed by atoms with Crippen LogP contribution in [0.2, 0.25) is 0 Å². The van der Waals surface area contributed by atoms with Crippen LogP contribution in [-0.2, 0) is 0 Å². The highest BCUT2D eigenvalue weighted by Gasteiger charge is 2.09. The van der Waals surface area contributed by atoms with Gasteiger partial charge in [0.05, 0.1) is 29.5 Å². The highest BCUT2D eigenvalue weighted by atomic mass is 16.5. The van der Waals surface area contributed by atoms with Gasteiger partial charge < -0.3 is 10.1 Å². The Morgan fingerprint density at radius 2 is 1.74 bits per heavy atom. The van der Waals surface area contributed by atoms with Crippen molar-refractivity contribution in [2.75, 3.05) is 12.4 Å². The largest absolute Gasteiger partial charge is 0.497 e. The molecular weight excluding hydrogens is 290 g/mol. The summed E-state index contributed by atoms with van der Waals surface area (Å²) in [6, 6.07) is 12.5. The van der Waals surface area contributed by atoms with Gasteiger partial charge in [0.25, 0.3) is 5.91 Å². The van der Waals surface area contributed by atoms with E-state index in [1.807, 2.05) is 32.0 Å². The number of aryl methyl sites for hydroxylation is 2. The Morgan fingerprint density at radius 1 is 1.00 bits per heavy atom. The van der Waals surface area contributed by atoms with Crippen molar-refractivity contribution in [3.8, 4) is 5.75 Å². The SMILES string of the molecule is COc1cccc(C(=O)Nc2ccc3nc(C)c(C)nc3c2)c1. The van der Waals surface area contributed by atoms with Crippen LogP contribution in [0.5, 0.6) is 5.75 Å². The van der Waals surface area contributed by atoms with E-state index in [0.717, 1.165) is 22.4 Å². The molecule has 0 atom stereocenters. The normalized spacial score (nSPS) is 10.6. The van der Waals surface area contributed by atoms with E-state index >= 15 is 0 Å². The maximum absolute atomic E-state index is 12.3. The molecule has 5 heteroatoms. The standard InChI is InChI=1S/C18H17N3O2/c1-11-12(2)20-17-10-14(7-8-16(17)19-11)21-18(22)13-5-4-6-15(9-13)23-3/h4-10H,1-3H3,(H,21,22). The number of carbonyl (C=O) groups excluding carboxylic acids is 1. The summed E-state index contributed by atoms with van der Waals surface area (Å²) < 4.78 is 5.14. The Labute approximate surface area is 134 Å². The summed E-state index contributed by atoms with van der Waals surface area (Å²) in [5.74, 6) is 0.452. The Hall–Kier alpha value is -2.95. The molecule has 0 saturated carbocycles. The highest BCUT2D eigenvalue weighted by molar-refractivity contribution is 6.05. The van der Waals surface area contributed by atoms with E-state index in [-0.39, 0.29) is 5.91 Å². The summed E-state index contributed by atoms with van der Waals surface area (Å²) >= 11 is 0. The zero-order chi connectivity index (χ0) is 16.4. The van der Waals surface area contributed by atoms with Crippen LogP contribution in [0.25, 0.3) is 11.0 Å². The molecular formula is C18H17N3O2. The number of carbonyl (C=O) groups is 1. The van der Waals surface area contributed by atoms with Gasteiger partial charge in [0, 0.05) is 11.3 Å². The number of anilines is 1. The lowest BCUT2D eigenvalue weighted by Crippen LogP contribution is -2.12. The van der Waals surface area contributed by atoms with Crippen molar-refractivity contribution in [2.24, 2.45) is 0 Å². The number of nitrogens with one attached hydrogen (secondary N) is 1. The number of amides is 1. The Bertz CT molecular complexity index is 891. The van der Waals surface area contributed by atoms with E-state index in [4.69, 9.17) is 4.74 Å². The third-order valence-corrected chi connectivity index (χ3v) is 3.67. The van der Waals surface area contributed by atoms with E-state index in [1.54, 1.807) is 31.4 Å². The van der Waals surface area contributed by atoms with E-state index in [1.165, 1.54) is 0 Å². The number of nitrogens with zero attached hydrogens (tertiary/aromatic N) is 2. The number of rotatable bonds is 3. The van der Waals surface area contributed by atoms with Crippen LogP contribution in [0.1, 0.15) is 21.7 Å². The van der Waals surface area contributed by atoms with Gasteiger partial charge in [-0.2, -0.15) is 0 Å². The molecule has 23 heavy (non-hydrogen) atoms. The first-order valence-corrected chi connectivity index (χ1v) is 7.27. The van der Waals surface area contributed by atoms with Crippen molar-refractivity contribution in [2.45, 2.75) is 13.8 Å². The van der Waals surface area contributed by atoms with Gasteiger partial charge >= 0.3 is 0 Å². The molecule has 3 aromatic rings. The molecule has 1 amide bonds. The number of fused-ring (bicyclic) bond motifs is 1. The monoisotopic (exact) mass is 307 g/mol. The smallest absolute Gasteiger partial charge is 0.255 e. The van der Waals surface area contributed by atoms with E-state index in [9.17, 15) is 4.79 Å². The lowest BCUT2D eigenvalue weighted by atomic mass is 10.2. The van der Waals surface area contributed by atoms with Crippen molar-refractivity contribution >= 4 is 22.6 Å². The van der Waals surface area contributed by atoms with Crippen molar-refractivity contribution in [3.63, 3.8) is 0 Å². The molecule has 3 rings (SSSR count).